The summed E-state index contributed by atoms with van der Waals surface area (Å²) in [5.41, 5.74) is 3.54. The molecular weight excluding hydrogens is 280 g/mol. The minimum absolute atomic E-state index is 0.152. The molecule has 22 heavy (non-hydrogen) atoms. The van der Waals surface area contributed by atoms with Crippen molar-refractivity contribution in [3.05, 3.63) is 59.3 Å². The molecule has 2 N–H and O–H groups in total. The van der Waals surface area contributed by atoms with Crippen LogP contribution < -0.4 is 0 Å². The maximum Gasteiger partial charge on any atom is 0.339 e. The smallest absolute Gasteiger partial charge is 0.339 e. The van der Waals surface area contributed by atoms with Crippen molar-refractivity contribution in [2.24, 2.45) is 0 Å². The van der Waals surface area contributed by atoms with Gasteiger partial charge in [0.1, 0.15) is 17.4 Å². The second kappa shape index (κ2) is 4.93. The summed E-state index contributed by atoms with van der Waals surface area (Å²) in [7, 11) is 0. The highest BCUT2D eigenvalue weighted by molar-refractivity contribution is 5.91. The molecule has 0 atom stereocenters. The fourth-order valence-electron chi connectivity index (χ4n) is 2.49. The lowest BCUT2D eigenvalue weighted by molar-refractivity contribution is 0.0694. The summed E-state index contributed by atoms with van der Waals surface area (Å²) < 4.78 is 1.86. The molecule has 0 aliphatic rings. The first-order valence-electron chi connectivity index (χ1n) is 6.60. The highest BCUT2D eigenvalue weighted by Crippen LogP contribution is 2.30. The van der Waals surface area contributed by atoms with Crippen molar-refractivity contribution in [3.8, 4) is 23.1 Å². The minimum Gasteiger partial charge on any atom is -0.507 e. The van der Waals surface area contributed by atoms with E-state index in [9.17, 15) is 15.2 Å². The molecule has 0 spiro atoms. The van der Waals surface area contributed by atoms with Crippen LogP contribution in [0, 0.1) is 18.3 Å². The first kappa shape index (κ1) is 13.7. The molecule has 2 aromatic heterocycles. The van der Waals surface area contributed by atoms with Gasteiger partial charge in [-0.1, -0.05) is 12.1 Å². The van der Waals surface area contributed by atoms with Crippen molar-refractivity contribution in [1.29, 1.82) is 5.26 Å². The fraction of sp³-hybridized carbons (Fsp3) is 0.0588. The number of carbonyl (C=O) groups is 1. The normalized spacial score (nSPS) is 10.5. The van der Waals surface area contributed by atoms with E-state index in [1.54, 1.807) is 12.1 Å². The summed E-state index contributed by atoms with van der Waals surface area (Å²) in [6.07, 6.45) is 1.90. The number of hydrogen-bond donors (Lipinski definition) is 2. The Labute approximate surface area is 126 Å². The zero-order chi connectivity index (χ0) is 15.9. The average Bonchev–Trinajstić information content (AvgIpc) is 2.84. The maximum atomic E-state index is 11.0. The Morgan fingerprint density at radius 1 is 1.23 bits per heavy atom. The average molecular weight is 292 g/mol. The van der Waals surface area contributed by atoms with E-state index in [1.807, 2.05) is 29.7 Å². The van der Waals surface area contributed by atoms with Crippen molar-refractivity contribution < 1.29 is 15.0 Å². The van der Waals surface area contributed by atoms with Gasteiger partial charge in [-0.05, 0) is 36.8 Å². The third kappa shape index (κ3) is 2.07. The molecule has 0 saturated heterocycles. The van der Waals surface area contributed by atoms with Crippen molar-refractivity contribution in [2.45, 2.75) is 6.92 Å². The molecule has 0 amide bonds. The summed E-state index contributed by atoms with van der Waals surface area (Å²) >= 11 is 0. The first-order valence-corrected chi connectivity index (χ1v) is 6.60. The standard InChI is InChI=1S/C17H12N2O3/c1-10-2-5-14-12(8-18)6-15(19(14)9-10)11-3-4-13(17(21)22)16(20)7-11/h2-7,9,20H,1H3,(H,21,22). The van der Waals surface area contributed by atoms with Crippen LogP contribution in [0.1, 0.15) is 21.5 Å². The van der Waals surface area contributed by atoms with Crippen molar-refractivity contribution in [3.63, 3.8) is 0 Å². The van der Waals surface area contributed by atoms with Gasteiger partial charge in [-0.3, -0.25) is 0 Å². The number of phenols is 1. The second-order valence-corrected chi connectivity index (χ2v) is 5.05. The molecule has 0 aliphatic heterocycles. The number of rotatable bonds is 2. The number of fused-ring (bicyclic) bond motifs is 1. The third-order valence-corrected chi connectivity index (χ3v) is 3.56. The zero-order valence-electron chi connectivity index (χ0n) is 11.7. The molecule has 0 fully saturated rings. The van der Waals surface area contributed by atoms with Crippen LogP contribution in [0.2, 0.25) is 0 Å². The number of aromatic nitrogens is 1. The number of aromatic carboxylic acids is 1. The fourth-order valence-corrected chi connectivity index (χ4v) is 2.49. The SMILES string of the molecule is Cc1ccc2c(C#N)cc(-c3ccc(C(=O)O)c(O)c3)n2c1. The number of carboxylic acid groups (broad SMARTS) is 1. The Bertz CT molecular complexity index is 948. The molecule has 0 aliphatic carbocycles. The van der Waals surface area contributed by atoms with Gasteiger partial charge in [-0.2, -0.15) is 5.26 Å². The predicted molar refractivity (Wildman–Crippen MR) is 80.9 cm³/mol. The molecule has 5 nitrogen and oxygen atoms in total. The Balaban J connectivity index is 2.27. The van der Waals surface area contributed by atoms with Crippen LogP contribution in [0.15, 0.2) is 42.6 Å². The van der Waals surface area contributed by atoms with Gasteiger partial charge in [0.2, 0.25) is 0 Å². The molecule has 3 rings (SSSR count). The van der Waals surface area contributed by atoms with Crippen molar-refractivity contribution in [2.75, 3.05) is 0 Å². The van der Waals surface area contributed by atoms with E-state index in [2.05, 4.69) is 6.07 Å². The molecule has 5 heteroatoms. The number of nitriles is 1. The molecule has 108 valence electrons. The van der Waals surface area contributed by atoms with Crippen LogP contribution in [-0.2, 0) is 0 Å². The quantitative estimate of drug-likeness (QED) is 0.759. The highest BCUT2D eigenvalue weighted by Gasteiger charge is 2.14. The summed E-state index contributed by atoms with van der Waals surface area (Å²) in [6, 6.07) is 12.0. The zero-order valence-corrected chi connectivity index (χ0v) is 11.7. The number of pyridine rings is 1. The van der Waals surface area contributed by atoms with Gasteiger partial charge in [0.05, 0.1) is 16.8 Å². The van der Waals surface area contributed by atoms with Gasteiger partial charge in [0.15, 0.2) is 0 Å². The Morgan fingerprint density at radius 2 is 2.00 bits per heavy atom. The summed E-state index contributed by atoms with van der Waals surface area (Å²) in [4.78, 5) is 11.0. The van der Waals surface area contributed by atoms with E-state index < -0.39 is 5.97 Å². The number of aromatic hydroxyl groups is 1. The van der Waals surface area contributed by atoms with Crippen LogP contribution in [0.4, 0.5) is 0 Å². The van der Waals surface area contributed by atoms with Crippen LogP contribution in [0.5, 0.6) is 5.75 Å². The number of aryl methyl sites for hydroxylation is 1. The van der Waals surface area contributed by atoms with E-state index in [-0.39, 0.29) is 11.3 Å². The Kier molecular flexibility index (Phi) is 3.08. The number of carboxylic acids is 1. The molecule has 0 saturated carbocycles. The van der Waals surface area contributed by atoms with Gasteiger partial charge >= 0.3 is 5.97 Å². The summed E-state index contributed by atoms with van der Waals surface area (Å²) in [5.74, 6) is -1.48. The molecule has 3 aromatic rings. The number of hydrogen-bond acceptors (Lipinski definition) is 3. The monoisotopic (exact) mass is 292 g/mol. The van der Waals surface area contributed by atoms with Gasteiger partial charge in [0, 0.05) is 11.8 Å². The summed E-state index contributed by atoms with van der Waals surface area (Å²) in [6.45, 7) is 1.94. The van der Waals surface area contributed by atoms with E-state index in [1.165, 1.54) is 12.1 Å². The highest BCUT2D eigenvalue weighted by atomic mass is 16.4. The van der Waals surface area contributed by atoms with Crippen molar-refractivity contribution >= 4 is 11.5 Å². The Hall–Kier alpha value is -3.26. The maximum absolute atomic E-state index is 11.0. The van der Waals surface area contributed by atoms with E-state index in [4.69, 9.17) is 5.11 Å². The van der Waals surface area contributed by atoms with Crippen LogP contribution in [0.3, 0.4) is 0 Å². The van der Waals surface area contributed by atoms with Crippen LogP contribution in [-0.4, -0.2) is 20.6 Å². The predicted octanol–water partition coefficient (Wildman–Crippen LogP) is 3.19. The second-order valence-electron chi connectivity index (χ2n) is 5.05. The molecule has 0 bridgehead atoms. The van der Waals surface area contributed by atoms with Gasteiger partial charge in [0.25, 0.3) is 0 Å². The van der Waals surface area contributed by atoms with E-state index in [0.717, 1.165) is 16.8 Å². The lowest BCUT2D eigenvalue weighted by atomic mass is 10.1. The molecular formula is C17H12N2O3. The van der Waals surface area contributed by atoms with E-state index >= 15 is 0 Å². The Morgan fingerprint density at radius 3 is 2.64 bits per heavy atom. The molecule has 2 heterocycles. The molecule has 0 radical (unpaired) electrons. The van der Waals surface area contributed by atoms with Gasteiger partial charge in [-0.25, -0.2) is 4.79 Å². The lowest BCUT2D eigenvalue weighted by Gasteiger charge is -2.06. The van der Waals surface area contributed by atoms with Crippen molar-refractivity contribution in [1.82, 2.24) is 4.40 Å². The number of benzene rings is 1. The number of nitrogens with zero attached hydrogens (tertiary/aromatic N) is 2. The lowest BCUT2D eigenvalue weighted by Crippen LogP contribution is -1.97. The van der Waals surface area contributed by atoms with Gasteiger partial charge in [-0.15, -0.1) is 0 Å². The third-order valence-electron chi connectivity index (χ3n) is 3.56. The van der Waals surface area contributed by atoms with E-state index in [0.29, 0.717) is 11.1 Å². The molecule has 0 unspecified atom stereocenters. The molecule has 1 aromatic carbocycles. The van der Waals surface area contributed by atoms with Gasteiger partial charge < -0.3 is 14.6 Å². The largest absolute Gasteiger partial charge is 0.507 e. The summed E-state index contributed by atoms with van der Waals surface area (Å²) in [5, 5.41) is 28.1. The van der Waals surface area contributed by atoms with Crippen LogP contribution >= 0.6 is 0 Å². The minimum atomic E-state index is -1.18. The first-order chi connectivity index (χ1) is 10.5. The van der Waals surface area contributed by atoms with Crippen LogP contribution in [0.25, 0.3) is 16.8 Å². The topological polar surface area (TPSA) is 85.7 Å².